The van der Waals surface area contributed by atoms with E-state index in [2.05, 4.69) is 38.9 Å². The van der Waals surface area contributed by atoms with Crippen LogP contribution in [0.15, 0.2) is 18.2 Å². The van der Waals surface area contributed by atoms with E-state index in [0.29, 0.717) is 12.6 Å². The van der Waals surface area contributed by atoms with Crippen molar-refractivity contribution in [3.63, 3.8) is 0 Å². The normalized spacial score (nSPS) is 16.9. The maximum absolute atomic E-state index is 12.1. The Balaban J connectivity index is 1.80. The average molecular weight is 402 g/mol. The molecule has 0 unspecified atom stereocenters. The Hall–Kier alpha value is -0.660. The van der Waals surface area contributed by atoms with E-state index in [1.165, 1.54) is 3.57 Å². The molecule has 1 amide bonds. The van der Waals surface area contributed by atoms with Crippen LogP contribution in [0.3, 0.4) is 0 Å². The molecule has 1 heterocycles. The molecule has 0 aromatic heterocycles. The molecule has 0 atom stereocenters. The van der Waals surface area contributed by atoms with Crippen LogP contribution in [0.1, 0.15) is 25.3 Å². The van der Waals surface area contributed by atoms with Crippen molar-refractivity contribution in [2.24, 2.45) is 0 Å². The molecule has 1 aliphatic rings. The number of halogens is 1. The number of ether oxygens (including phenoxy) is 1. The van der Waals surface area contributed by atoms with Crippen LogP contribution in [0.2, 0.25) is 0 Å². The zero-order valence-electron chi connectivity index (χ0n) is 12.7. The Labute approximate surface area is 140 Å². The molecule has 116 valence electrons. The molecule has 1 saturated heterocycles. The van der Waals surface area contributed by atoms with E-state index in [9.17, 15) is 4.79 Å². The van der Waals surface area contributed by atoms with Crippen LogP contribution in [0, 0.1) is 10.5 Å². The summed E-state index contributed by atoms with van der Waals surface area (Å²) >= 11 is 2.28. The van der Waals surface area contributed by atoms with Gasteiger partial charge in [-0.1, -0.05) is 0 Å². The van der Waals surface area contributed by atoms with E-state index < -0.39 is 0 Å². The first kappa shape index (κ1) is 16.7. The summed E-state index contributed by atoms with van der Waals surface area (Å²) < 4.78 is 6.81. The molecule has 0 bridgehead atoms. The molecule has 1 fully saturated rings. The highest BCUT2D eigenvalue weighted by molar-refractivity contribution is 14.1. The number of piperidine rings is 1. The summed E-state index contributed by atoms with van der Waals surface area (Å²) in [4.78, 5) is 14.3. The Kier molecular flexibility index (Phi) is 6.44. The maximum atomic E-state index is 12.1. The molecular formula is C16H23IN2O2. The highest BCUT2D eigenvalue weighted by Gasteiger charge is 2.21. The van der Waals surface area contributed by atoms with Crippen molar-refractivity contribution in [2.45, 2.75) is 32.8 Å². The Morgan fingerprint density at radius 1 is 1.43 bits per heavy atom. The first-order chi connectivity index (χ1) is 10.1. The monoisotopic (exact) mass is 402 g/mol. The minimum Gasteiger partial charge on any atom is -0.378 e. The third kappa shape index (κ3) is 5.23. The lowest BCUT2D eigenvalue weighted by molar-refractivity contribution is -0.118. The van der Waals surface area contributed by atoms with Gasteiger partial charge in [-0.3, -0.25) is 9.69 Å². The number of aryl methyl sites for hydroxylation is 1. The highest BCUT2D eigenvalue weighted by atomic mass is 127. The molecule has 1 aliphatic heterocycles. The van der Waals surface area contributed by atoms with Gasteiger partial charge in [0.15, 0.2) is 0 Å². The van der Waals surface area contributed by atoms with Crippen LogP contribution < -0.4 is 5.32 Å². The maximum Gasteiger partial charge on any atom is 0.238 e. The largest absolute Gasteiger partial charge is 0.378 e. The van der Waals surface area contributed by atoms with Gasteiger partial charge < -0.3 is 10.1 Å². The second kappa shape index (κ2) is 8.10. The van der Waals surface area contributed by atoms with Gasteiger partial charge in [-0.25, -0.2) is 0 Å². The molecule has 1 N–H and O–H groups in total. The van der Waals surface area contributed by atoms with Crippen molar-refractivity contribution in [3.8, 4) is 0 Å². The van der Waals surface area contributed by atoms with E-state index in [-0.39, 0.29) is 5.91 Å². The topological polar surface area (TPSA) is 41.6 Å². The number of likely N-dealkylation sites (tertiary alicyclic amines) is 1. The standard InChI is InChI=1S/C16H23IN2O2/c1-3-21-14-6-8-19(9-7-14)11-16(20)18-15-5-4-13(17)10-12(15)2/h4-5,10,14H,3,6-9,11H2,1-2H3,(H,18,20). The Bertz CT molecular complexity index is 485. The number of hydrogen-bond donors (Lipinski definition) is 1. The number of nitrogens with zero attached hydrogens (tertiary/aromatic N) is 1. The van der Waals surface area contributed by atoms with Gasteiger partial charge in [0.05, 0.1) is 12.6 Å². The van der Waals surface area contributed by atoms with Crippen molar-refractivity contribution >= 4 is 34.2 Å². The smallest absolute Gasteiger partial charge is 0.238 e. The SMILES string of the molecule is CCOC1CCN(CC(=O)Nc2ccc(I)cc2C)CC1. The predicted octanol–water partition coefficient (Wildman–Crippen LogP) is 3.04. The van der Waals surface area contributed by atoms with E-state index in [1.54, 1.807) is 0 Å². The van der Waals surface area contributed by atoms with Gasteiger partial charge in [0, 0.05) is 29.0 Å². The zero-order chi connectivity index (χ0) is 15.2. The summed E-state index contributed by atoms with van der Waals surface area (Å²) in [6, 6.07) is 6.05. The lowest BCUT2D eigenvalue weighted by Gasteiger charge is -2.31. The number of amides is 1. The van der Waals surface area contributed by atoms with Gasteiger partial charge in [0.25, 0.3) is 0 Å². The summed E-state index contributed by atoms with van der Waals surface area (Å²) in [6.45, 7) is 7.16. The molecule has 4 nitrogen and oxygen atoms in total. The first-order valence-electron chi connectivity index (χ1n) is 7.48. The van der Waals surface area contributed by atoms with Crippen LogP contribution in [0.5, 0.6) is 0 Å². The van der Waals surface area contributed by atoms with E-state index in [0.717, 1.165) is 43.8 Å². The molecule has 2 rings (SSSR count). The Morgan fingerprint density at radius 2 is 2.14 bits per heavy atom. The van der Waals surface area contributed by atoms with Crippen LogP contribution in [0.4, 0.5) is 5.69 Å². The van der Waals surface area contributed by atoms with Crippen LogP contribution in [-0.4, -0.2) is 43.2 Å². The van der Waals surface area contributed by atoms with Crippen molar-refractivity contribution in [1.82, 2.24) is 4.90 Å². The van der Waals surface area contributed by atoms with Crippen molar-refractivity contribution in [1.29, 1.82) is 0 Å². The number of nitrogens with one attached hydrogen (secondary N) is 1. The summed E-state index contributed by atoms with van der Waals surface area (Å²) in [5.41, 5.74) is 2.01. The predicted molar refractivity (Wildman–Crippen MR) is 93.6 cm³/mol. The van der Waals surface area contributed by atoms with Gasteiger partial charge >= 0.3 is 0 Å². The minimum atomic E-state index is 0.0640. The summed E-state index contributed by atoms with van der Waals surface area (Å²) in [6.07, 6.45) is 2.40. The fraction of sp³-hybridized carbons (Fsp3) is 0.562. The quantitative estimate of drug-likeness (QED) is 0.770. The lowest BCUT2D eigenvalue weighted by Crippen LogP contribution is -2.41. The summed E-state index contributed by atoms with van der Waals surface area (Å²) in [5, 5.41) is 3.01. The fourth-order valence-corrected chi connectivity index (χ4v) is 3.28. The molecule has 0 saturated carbocycles. The number of benzene rings is 1. The van der Waals surface area contributed by atoms with Crippen molar-refractivity contribution in [2.75, 3.05) is 31.6 Å². The van der Waals surface area contributed by atoms with Gasteiger partial charge in [-0.15, -0.1) is 0 Å². The minimum absolute atomic E-state index is 0.0640. The van der Waals surface area contributed by atoms with E-state index in [1.807, 2.05) is 26.0 Å². The number of carbonyl (C=O) groups excluding carboxylic acids is 1. The molecule has 5 heteroatoms. The van der Waals surface area contributed by atoms with Gasteiger partial charge in [-0.2, -0.15) is 0 Å². The van der Waals surface area contributed by atoms with Gasteiger partial charge in [-0.05, 0) is 73.0 Å². The highest BCUT2D eigenvalue weighted by Crippen LogP contribution is 2.18. The van der Waals surface area contributed by atoms with E-state index >= 15 is 0 Å². The second-order valence-corrected chi connectivity index (χ2v) is 6.68. The third-order valence-electron chi connectivity index (χ3n) is 3.77. The Morgan fingerprint density at radius 3 is 2.76 bits per heavy atom. The molecule has 1 aromatic rings. The number of hydrogen-bond acceptors (Lipinski definition) is 3. The number of anilines is 1. The number of rotatable bonds is 5. The van der Waals surface area contributed by atoms with Crippen LogP contribution >= 0.6 is 22.6 Å². The molecule has 21 heavy (non-hydrogen) atoms. The average Bonchev–Trinajstić information content (AvgIpc) is 2.44. The van der Waals surface area contributed by atoms with Crippen LogP contribution in [0.25, 0.3) is 0 Å². The fourth-order valence-electron chi connectivity index (χ4n) is 2.63. The van der Waals surface area contributed by atoms with Gasteiger partial charge in [0.2, 0.25) is 5.91 Å². The molecule has 0 spiro atoms. The third-order valence-corrected chi connectivity index (χ3v) is 4.44. The second-order valence-electron chi connectivity index (χ2n) is 5.44. The molecule has 0 radical (unpaired) electrons. The number of carbonyl (C=O) groups is 1. The first-order valence-corrected chi connectivity index (χ1v) is 8.56. The zero-order valence-corrected chi connectivity index (χ0v) is 14.9. The summed E-state index contributed by atoms with van der Waals surface area (Å²) in [7, 11) is 0. The summed E-state index contributed by atoms with van der Waals surface area (Å²) in [5.74, 6) is 0.0640. The molecule has 1 aromatic carbocycles. The molecule has 0 aliphatic carbocycles. The van der Waals surface area contributed by atoms with Gasteiger partial charge in [0.1, 0.15) is 0 Å². The van der Waals surface area contributed by atoms with E-state index in [4.69, 9.17) is 4.74 Å². The van der Waals surface area contributed by atoms with Crippen molar-refractivity contribution in [3.05, 3.63) is 27.3 Å². The lowest BCUT2D eigenvalue weighted by atomic mass is 10.1. The molecular weight excluding hydrogens is 379 g/mol. The van der Waals surface area contributed by atoms with Crippen LogP contribution in [-0.2, 0) is 9.53 Å². The van der Waals surface area contributed by atoms with Crippen molar-refractivity contribution < 1.29 is 9.53 Å².